The monoisotopic (exact) mass is 217 g/mol. The summed E-state index contributed by atoms with van der Waals surface area (Å²) in [7, 11) is 1.40. The molecule has 0 aliphatic heterocycles. The van der Waals surface area contributed by atoms with Crippen LogP contribution in [-0.4, -0.2) is 36.7 Å². The SMILES string of the molecule is COCC(NC(=O)C(C)C(C)C)C(=O)O. The molecule has 0 aliphatic rings. The van der Waals surface area contributed by atoms with Crippen molar-refractivity contribution in [3.8, 4) is 0 Å². The van der Waals surface area contributed by atoms with Crippen molar-refractivity contribution in [3.63, 3.8) is 0 Å². The molecular weight excluding hydrogens is 198 g/mol. The second-order valence-electron chi connectivity index (χ2n) is 3.89. The number of methoxy groups -OCH3 is 1. The van der Waals surface area contributed by atoms with Crippen LogP contribution in [0.5, 0.6) is 0 Å². The molecule has 0 aromatic heterocycles. The molecule has 0 saturated heterocycles. The Balaban J connectivity index is 4.28. The fraction of sp³-hybridized carbons (Fsp3) is 0.800. The highest BCUT2D eigenvalue weighted by Crippen LogP contribution is 2.09. The highest BCUT2D eigenvalue weighted by Gasteiger charge is 2.24. The average Bonchev–Trinajstić information content (AvgIpc) is 2.15. The third-order valence-electron chi connectivity index (χ3n) is 2.36. The smallest absolute Gasteiger partial charge is 0.328 e. The minimum atomic E-state index is -1.08. The van der Waals surface area contributed by atoms with Crippen LogP contribution in [0.25, 0.3) is 0 Å². The van der Waals surface area contributed by atoms with Gasteiger partial charge in [-0.05, 0) is 5.92 Å². The number of hydrogen-bond donors (Lipinski definition) is 2. The number of amides is 1. The van der Waals surface area contributed by atoms with Gasteiger partial charge in [0.05, 0.1) is 6.61 Å². The maximum atomic E-state index is 11.5. The Kier molecular flexibility index (Phi) is 5.93. The molecular formula is C10H19NO4. The summed E-state index contributed by atoms with van der Waals surface area (Å²) in [6, 6.07) is -0.969. The van der Waals surface area contributed by atoms with Crippen molar-refractivity contribution in [2.24, 2.45) is 11.8 Å². The lowest BCUT2D eigenvalue weighted by Crippen LogP contribution is -2.46. The summed E-state index contributed by atoms with van der Waals surface area (Å²) >= 11 is 0. The van der Waals surface area contributed by atoms with Gasteiger partial charge in [-0.3, -0.25) is 4.79 Å². The van der Waals surface area contributed by atoms with Gasteiger partial charge in [0.1, 0.15) is 0 Å². The maximum Gasteiger partial charge on any atom is 0.328 e. The van der Waals surface area contributed by atoms with Gasteiger partial charge in [-0.25, -0.2) is 4.79 Å². The van der Waals surface area contributed by atoms with Crippen LogP contribution < -0.4 is 5.32 Å². The lowest BCUT2D eigenvalue weighted by atomic mass is 9.97. The molecule has 2 N–H and O–H groups in total. The Morgan fingerprint density at radius 1 is 1.33 bits per heavy atom. The first-order valence-electron chi connectivity index (χ1n) is 4.92. The zero-order chi connectivity index (χ0) is 12.0. The molecule has 0 saturated carbocycles. The number of aliphatic carboxylic acids is 1. The molecule has 2 unspecified atom stereocenters. The summed E-state index contributed by atoms with van der Waals surface area (Å²) in [6.07, 6.45) is 0. The minimum Gasteiger partial charge on any atom is -0.480 e. The highest BCUT2D eigenvalue weighted by molar-refractivity contribution is 5.84. The molecule has 0 fully saturated rings. The van der Waals surface area contributed by atoms with Gasteiger partial charge in [-0.15, -0.1) is 0 Å². The summed E-state index contributed by atoms with van der Waals surface area (Å²) in [6.45, 7) is 5.57. The minimum absolute atomic E-state index is 0.0219. The first-order chi connectivity index (χ1) is 6.90. The van der Waals surface area contributed by atoms with E-state index in [1.165, 1.54) is 7.11 Å². The van der Waals surface area contributed by atoms with Crippen LogP contribution in [0.4, 0.5) is 0 Å². The van der Waals surface area contributed by atoms with Crippen LogP contribution in [0.2, 0.25) is 0 Å². The summed E-state index contributed by atoms with van der Waals surface area (Å²) in [5, 5.41) is 11.2. The van der Waals surface area contributed by atoms with E-state index in [-0.39, 0.29) is 24.3 Å². The molecule has 5 nitrogen and oxygen atoms in total. The standard InChI is InChI=1S/C10H19NO4/c1-6(2)7(3)9(12)11-8(5-15-4)10(13)14/h6-8H,5H2,1-4H3,(H,11,12)(H,13,14). The van der Waals surface area contributed by atoms with E-state index in [0.29, 0.717) is 0 Å². The van der Waals surface area contributed by atoms with Crippen LogP contribution in [0.1, 0.15) is 20.8 Å². The van der Waals surface area contributed by atoms with E-state index in [0.717, 1.165) is 0 Å². The number of ether oxygens (including phenoxy) is 1. The molecule has 0 spiro atoms. The largest absolute Gasteiger partial charge is 0.480 e. The van der Waals surface area contributed by atoms with Crippen LogP contribution in [0.3, 0.4) is 0 Å². The van der Waals surface area contributed by atoms with E-state index < -0.39 is 12.0 Å². The molecule has 0 aliphatic carbocycles. The summed E-state index contributed by atoms with van der Waals surface area (Å²) in [4.78, 5) is 22.3. The van der Waals surface area contributed by atoms with Crippen molar-refractivity contribution in [3.05, 3.63) is 0 Å². The lowest BCUT2D eigenvalue weighted by Gasteiger charge is -2.19. The predicted molar refractivity (Wildman–Crippen MR) is 55.4 cm³/mol. The van der Waals surface area contributed by atoms with E-state index in [1.807, 2.05) is 13.8 Å². The number of rotatable bonds is 6. The number of carbonyl (C=O) groups is 2. The van der Waals surface area contributed by atoms with Gasteiger partial charge in [0, 0.05) is 13.0 Å². The van der Waals surface area contributed by atoms with Crippen LogP contribution >= 0.6 is 0 Å². The van der Waals surface area contributed by atoms with Crippen LogP contribution in [-0.2, 0) is 14.3 Å². The quantitative estimate of drug-likeness (QED) is 0.679. The molecule has 88 valence electrons. The zero-order valence-corrected chi connectivity index (χ0v) is 9.61. The van der Waals surface area contributed by atoms with E-state index >= 15 is 0 Å². The van der Waals surface area contributed by atoms with Crippen molar-refractivity contribution in [2.45, 2.75) is 26.8 Å². The summed E-state index contributed by atoms with van der Waals surface area (Å²) in [5.74, 6) is -1.36. The first-order valence-corrected chi connectivity index (χ1v) is 4.92. The van der Waals surface area contributed by atoms with Crippen molar-refractivity contribution >= 4 is 11.9 Å². The van der Waals surface area contributed by atoms with Crippen LogP contribution in [0, 0.1) is 11.8 Å². The number of hydrogen-bond acceptors (Lipinski definition) is 3. The average molecular weight is 217 g/mol. The second kappa shape index (κ2) is 6.40. The molecule has 0 radical (unpaired) electrons. The van der Waals surface area contributed by atoms with Crippen molar-refractivity contribution in [1.29, 1.82) is 0 Å². The normalized spacial score (nSPS) is 14.7. The van der Waals surface area contributed by atoms with Gasteiger partial charge in [0.2, 0.25) is 5.91 Å². The number of carboxylic acid groups (broad SMARTS) is 1. The summed E-state index contributed by atoms with van der Waals surface area (Å²) in [5.41, 5.74) is 0. The molecule has 0 rings (SSSR count). The number of carboxylic acids is 1. The molecule has 15 heavy (non-hydrogen) atoms. The molecule has 0 heterocycles. The number of nitrogens with one attached hydrogen (secondary N) is 1. The molecule has 0 aromatic rings. The Labute approximate surface area is 89.8 Å². The molecule has 1 amide bonds. The fourth-order valence-electron chi connectivity index (χ4n) is 0.947. The third kappa shape index (κ3) is 4.78. The highest BCUT2D eigenvalue weighted by atomic mass is 16.5. The van der Waals surface area contributed by atoms with Gasteiger partial charge >= 0.3 is 5.97 Å². The van der Waals surface area contributed by atoms with Gasteiger partial charge in [-0.1, -0.05) is 20.8 Å². The van der Waals surface area contributed by atoms with Gasteiger partial charge in [-0.2, -0.15) is 0 Å². The van der Waals surface area contributed by atoms with Crippen molar-refractivity contribution in [1.82, 2.24) is 5.32 Å². The third-order valence-corrected chi connectivity index (χ3v) is 2.36. The van der Waals surface area contributed by atoms with Gasteiger partial charge < -0.3 is 15.2 Å². The second-order valence-corrected chi connectivity index (χ2v) is 3.89. The Bertz CT molecular complexity index is 227. The Hall–Kier alpha value is -1.10. The van der Waals surface area contributed by atoms with Crippen molar-refractivity contribution in [2.75, 3.05) is 13.7 Å². The molecule has 5 heteroatoms. The van der Waals surface area contributed by atoms with E-state index in [1.54, 1.807) is 6.92 Å². The summed E-state index contributed by atoms with van der Waals surface area (Å²) < 4.78 is 4.71. The van der Waals surface area contributed by atoms with Crippen molar-refractivity contribution < 1.29 is 19.4 Å². The molecule has 2 atom stereocenters. The first kappa shape index (κ1) is 13.9. The topological polar surface area (TPSA) is 75.6 Å². The Morgan fingerprint density at radius 2 is 1.87 bits per heavy atom. The van der Waals surface area contributed by atoms with Gasteiger partial charge in [0.15, 0.2) is 6.04 Å². The van der Waals surface area contributed by atoms with E-state index in [4.69, 9.17) is 9.84 Å². The van der Waals surface area contributed by atoms with E-state index in [9.17, 15) is 9.59 Å². The predicted octanol–water partition coefficient (Wildman–Crippen LogP) is 0.494. The molecule has 0 aromatic carbocycles. The molecule has 0 bridgehead atoms. The number of carbonyl (C=O) groups excluding carboxylic acids is 1. The Morgan fingerprint density at radius 3 is 2.20 bits per heavy atom. The van der Waals surface area contributed by atoms with E-state index in [2.05, 4.69) is 5.32 Å². The lowest BCUT2D eigenvalue weighted by molar-refractivity contribution is -0.144. The fourth-order valence-corrected chi connectivity index (χ4v) is 0.947. The van der Waals surface area contributed by atoms with Gasteiger partial charge in [0.25, 0.3) is 0 Å². The maximum absolute atomic E-state index is 11.5. The zero-order valence-electron chi connectivity index (χ0n) is 9.61. The van der Waals surface area contributed by atoms with Crippen LogP contribution in [0.15, 0.2) is 0 Å².